The fourth-order valence-corrected chi connectivity index (χ4v) is 3.35. The van der Waals surface area contributed by atoms with Gasteiger partial charge in [0.25, 0.3) is 11.8 Å². The zero-order chi connectivity index (χ0) is 23.2. The van der Waals surface area contributed by atoms with Crippen molar-refractivity contribution in [1.82, 2.24) is 10.2 Å². The topological polar surface area (TPSA) is 139 Å². The van der Waals surface area contributed by atoms with E-state index in [0.717, 1.165) is 11.8 Å². The number of β-amino-alcohol motifs (C(OH)–C–C–N with tert-alkyl or cyclic N) is 1. The van der Waals surface area contributed by atoms with Gasteiger partial charge in [-0.25, -0.2) is 9.59 Å². The third kappa shape index (κ3) is 5.08. The SMILES string of the molecule is CCOC(=O)C(CC[C@H](O)CN1C(=O)c2ccccc2C1=O)(NC(C)=O)C(=O)OCC. The molecule has 0 unspecified atom stereocenters. The average Bonchev–Trinajstić information content (AvgIpc) is 2.96. The molecule has 3 amide bonds. The maximum Gasteiger partial charge on any atom is 0.343 e. The summed E-state index contributed by atoms with van der Waals surface area (Å²) in [5.74, 6) is -3.78. The van der Waals surface area contributed by atoms with Crippen LogP contribution in [0.5, 0.6) is 0 Å². The van der Waals surface area contributed by atoms with E-state index in [4.69, 9.17) is 9.47 Å². The molecule has 1 aliphatic heterocycles. The molecule has 10 heteroatoms. The molecule has 0 spiro atoms. The number of hydrogen-bond donors (Lipinski definition) is 2. The van der Waals surface area contributed by atoms with Crippen molar-refractivity contribution >= 4 is 29.7 Å². The minimum atomic E-state index is -2.15. The van der Waals surface area contributed by atoms with Crippen LogP contribution in [0.2, 0.25) is 0 Å². The zero-order valence-electron chi connectivity index (χ0n) is 17.7. The zero-order valence-corrected chi connectivity index (χ0v) is 17.7. The van der Waals surface area contributed by atoms with Crippen LogP contribution in [0.15, 0.2) is 24.3 Å². The van der Waals surface area contributed by atoms with Crippen LogP contribution < -0.4 is 5.32 Å². The van der Waals surface area contributed by atoms with Gasteiger partial charge < -0.3 is 19.9 Å². The van der Waals surface area contributed by atoms with Crippen LogP contribution in [-0.4, -0.2) is 71.1 Å². The largest absolute Gasteiger partial charge is 0.464 e. The number of rotatable bonds is 10. The minimum absolute atomic E-state index is 0.0445. The van der Waals surface area contributed by atoms with Crippen LogP contribution in [0.1, 0.15) is 54.3 Å². The van der Waals surface area contributed by atoms with Crippen molar-refractivity contribution in [1.29, 1.82) is 0 Å². The molecule has 0 aliphatic carbocycles. The van der Waals surface area contributed by atoms with E-state index in [9.17, 15) is 29.1 Å². The Hall–Kier alpha value is -3.27. The summed E-state index contributed by atoms with van der Waals surface area (Å²) in [5.41, 5.74) is -1.67. The van der Waals surface area contributed by atoms with Crippen molar-refractivity contribution in [3.63, 3.8) is 0 Å². The molecule has 1 aliphatic rings. The normalized spacial score (nSPS) is 14.1. The summed E-state index contributed by atoms with van der Waals surface area (Å²) in [7, 11) is 0. The van der Waals surface area contributed by atoms with E-state index in [1.165, 1.54) is 12.1 Å². The fourth-order valence-electron chi connectivity index (χ4n) is 3.35. The molecule has 2 rings (SSSR count). The number of esters is 2. The molecule has 0 radical (unpaired) electrons. The molecule has 0 aromatic heterocycles. The van der Waals surface area contributed by atoms with Gasteiger partial charge in [0.2, 0.25) is 11.4 Å². The molecule has 2 N–H and O–H groups in total. The highest BCUT2D eigenvalue weighted by Crippen LogP contribution is 2.24. The number of hydrogen-bond acceptors (Lipinski definition) is 8. The summed E-state index contributed by atoms with van der Waals surface area (Å²) in [6.07, 6.45) is -1.82. The summed E-state index contributed by atoms with van der Waals surface area (Å²) >= 11 is 0. The van der Waals surface area contributed by atoms with Gasteiger partial charge in [-0.2, -0.15) is 0 Å². The van der Waals surface area contributed by atoms with E-state index in [1.807, 2.05) is 0 Å². The molecule has 1 aromatic carbocycles. The Bertz CT molecular complexity index is 829. The molecule has 0 saturated carbocycles. The van der Waals surface area contributed by atoms with E-state index in [-0.39, 0.29) is 43.7 Å². The second-order valence-electron chi connectivity index (χ2n) is 6.99. The van der Waals surface area contributed by atoms with Crippen molar-refractivity contribution < 1.29 is 38.6 Å². The van der Waals surface area contributed by atoms with Gasteiger partial charge in [-0.15, -0.1) is 0 Å². The third-order valence-corrected chi connectivity index (χ3v) is 4.76. The van der Waals surface area contributed by atoms with Crippen molar-refractivity contribution in [3.05, 3.63) is 35.4 Å². The molecule has 1 atom stereocenters. The van der Waals surface area contributed by atoms with Crippen LogP contribution >= 0.6 is 0 Å². The first kappa shape index (κ1) is 24.0. The van der Waals surface area contributed by atoms with Gasteiger partial charge in [-0.3, -0.25) is 19.3 Å². The van der Waals surface area contributed by atoms with Crippen LogP contribution in [0.25, 0.3) is 0 Å². The predicted molar refractivity (Wildman–Crippen MR) is 107 cm³/mol. The standard InChI is InChI=1S/C21H26N2O8/c1-4-30-19(28)21(22-13(3)24,20(29)31-5-2)11-10-14(25)12-23-17(26)15-8-6-7-9-16(15)18(23)27/h6-9,14,25H,4-5,10-12H2,1-3H3,(H,22,24)/t14-/m0/s1. The van der Waals surface area contributed by atoms with Crippen LogP contribution in [0.4, 0.5) is 0 Å². The number of nitrogens with zero attached hydrogens (tertiary/aromatic N) is 1. The number of aliphatic hydroxyl groups excluding tert-OH is 1. The highest BCUT2D eigenvalue weighted by atomic mass is 16.6. The fraction of sp³-hybridized carbons (Fsp3) is 0.476. The summed E-state index contributed by atoms with van der Waals surface area (Å²) < 4.78 is 9.93. The Labute approximate surface area is 179 Å². The lowest BCUT2D eigenvalue weighted by Crippen LogP contribution is -2.61. The summed E-state index contributed by atoms with van der Waals surface area (Å²) in [6.45, 7) is 3.78. The van der Waals surface area contributed by atoms with E-state index in [2.05, 4.69) is 5.32 Å². The number of aliphatic hydroxyl groups is 1. The Morgan fingerprint density at radius 3 is 1.94 bits per heavy atom. The average molecular weight is 434 g/mol. The number of carbonyl (C=O) groups is 5. The Kier molecular flexibility index (Phi) is 7.87. The molecule has 31 heavy (non-hydrogen) atoms. The molecule has 0 saturated heterocycles. The second kappa shape index (κ2) is 10.2. The minimum Gasteiger partial charge on any atom is -0.464 e. The number of benzene rings is 1. The molecule has 10 nitrogen and oxygen atoms in total. The van der Waals surface area contributed by atoms with E-state index < -0.39 is 41.3 Å². The van der Waals surface area contributed by atoms with E-state index >= 15 is 0 Å². The first-order chi connectivity index (χ1) is 14.7. The molecular weight excluding hydrogens is 408 g/mol. The first-order valence-electron chi connectivity index (χ1n) is 9.94. The lowest BCUT2D eigenvalue weighted by atomic mass is 9.91. The number of fused-ring (bicyclic) bond motifs is 1. The van der Waals surface area contributed by atoms with Crippen molar-refractivity contribution in [2.24, 2.45) is 0 Å². The molecule has 168 valence electrons. The first-order valence-corrected chi connectivity index (χ1v) is 9.94. The molecule has 1 aromatic rings. The van der Waals surface area contributed by atoms with Crippen LogP contribution in [0.3, 0.4) is 0 Å². The van der Waals surface area contributed by atoms with Gasteiger partial charge in [0.05, 0.1) is 37.0 Å². The van der Waals surface area contributed by atoms with Crippen molar-refractivity contribution in [2.75, 3.05) is 19.8 Å². The number of ether oxygens (including phenoxy) is 2. The van der Waals surface area contributed by atoms with Gasteiger partial charge >= 0.3 is 11.9 Å². The summed E-state index contributed by atoms with van der Waals surface area (Å²) in [4.78, 5) is 62.7. The molecule has 0 fully saturated rings. The Morgan fingerprint density at radius 1 is 1.03 bits per heavy atom. The van der Waals surface area contributed by atoms with Crippen LogP contribution in [0, 0.1) is 0 Å². The smallest absolute Gasteiger partial charge is 0.343 e. The van der Waals surface area contributed by atoms with Gasteiger partial charge in [-0.05, 0) is 38.8 Å². The monoisotopic (exact) mass is 434 g/mol. The number of carbonyl (C=O) groups excluding carboxylic acids is 5. The molecular formula is C21H26N2O8. The molecule has 1 heterocycles. The Morgan fingerprint density at radius 2 is 1.52 bits per heavy atom. The van der Waals surface area contributed by atoms with Crippen molar-refractivity contribution in [2.45, 2.75) is 45.3 Å². The Balaban J connectivity index is 2.17. The van der Waals surface area contributed by atoms with E-state index in [0.29, 0.717) is 0 Å². The van der Waals surface area contributed by atoms with E-state index in [1.54, 1.807) is 26.0 Å². The number of amides is 3. The molecule has 0 bridgehead atoms. The number of nitrogens with one attached hydrogen (secondary N) is 1. The predicted octanol–water partition coefficient (Wildman–Crippen LogP) is 0.425. The third-order valence-electron chi connectivity index (χ3n) is 4.76. The lowest BCUT2D eigenvalue weighted by Gasteiger charge is -2.30. The quantitative estimate of drug-likeness (QED) is 0.307. The van der Waals surface area contributed by atoms with Gasteiger partial charge in [0, 0.05) is 6.92 Å². The van der Waals surface area contributed by atoms with Gasteiger partial charge in [0.1, 0.15) is 0 Å². The highest BCUT2D eigenvalue weighted by Gasteiger charge is 2.50. The number of imide groups is 1. The van der Waals surface area contributed by atoms with Crippen molar-refractivity contribution in [3.8, 4) is 0 Å². The highest BCUT2D eigenvalue weighted by molar-refractivity contribution is 6.21. The summed E-state index contributed by atoms with van der Waals surface area (Å²) in [6, 6.07) is 6.30. The van der Waals surface area contributed by atoms with Crippen LogP contribution in [-0.2, 0) is 23.9 Å². The van der Waals surface area contributed by atoms with Gasteiger partial charge in [0.15, 0.2) is 0 Å². The van der Waals surface area contributed by atoms with Gasteiger partial charge in [-0.1, -0.05) is 12.1 Å². The summed E-state index contributed by atoms with van der Waals surface area (Å²) in [5, 5.41) is 12.8. The maximum absolute atomic E-state index is 12.6. The maximum atomic E-state index is 12.6. The second-order valence-corrected chi connectivity index (χ2v) is 6.99. The lowest BCUT2D eigenvalue weighted by molar-refractivity contribution is -0.168.